The zero-order chi connectivity index (χ0) is 20.7. The maximum atomic E-state index is 12.7. The third-order valence-electron chi connectivity index (χ3n) is 4.31. The van der Waals surface area contributed by atoms with E-state index in [1.807, 2.05) is 0 Å². The third-order valence-corrected chi connectivity index (χ3v) is 4.56. The number of carboxylic acids is 1. The molecule has 1 heterocycles. The van der Waals surface area contributed by atoms with Crippen LogP contribution in [0.4, 0.5) is 4.79 Å². The first-order valence-electron chi connectivity index (χ1n) is 8.77. The normalized spacial score (nSPS) is 16.8. The van der Waals surface area contributed by atoms with Crippen LogP contribution in [0.2, 0.25) is 5.02 Å². The fourth-order valence-electron chi connectivity index (χ4n) is 2.90. The average Bonchev–Trinajstić information content (AvgIpc) is 2.64. The number of aliphatic carboxylic acids is 1. The molecule has 1 aliphatic heterocycles. The maximum absolute atomic E-state index is 12.7. The Kier molecular flexibility index (Phi) is 7.83. The summed E-state index contributed by atoms with van der Waals surface area (Å²) in [7, 11) is 1.50. The molecule has 0 bridgehead atoms. The van der Waals surface area contributed by atoms with E-state index in [4.69, 9.17) is 26.2 Å². The van der Waals surface area contributed by atoms with Gasteiger partial charge in [0.05, 0.1) is 18.2 Å². The van der Waals surface area contributed by atoms with E-state index < -0.39 is 24.0 Å². The number of hydrogen-bond donors (Lipinski definition) is 2. The van der Waals surface area contributed by atoms with Gasteiger partial charge < -0.3 is 19.9 Å². The van der Waals surface area contributed by atoms with Gasteiger partial charge in [-0.3, -0.25) is 9.69 Å². The number of urea groups is 1. The molecule has 2 amide bonds. The van der Waals surface area contributed by atoms with Gasteiger partial charge in [0.15, 0.2) is 0 Å². The first kappa shape index (κ1) is 21.7. The molecule has 1 atom stereocenters. The summed E-state index contributed by atoms with van der Waals surface area (Å²) >= 11 is 5.94. The summed E-state index contributed by atoms with van der Waals surface area (Å²) in [6.07, 6.45) is 0.184. The second-order valence-electron chi connectivity index (χ2n) is 6.21. The molecule has 1 aliphatic rings. The smallest absolute Gasteiger partial charge is 0.338 e. The minimum atomic E-state index is -0.947. The molecule has 0 unspecified atom stereocenters. The van der Waals surface area contributed by atoms with Crippen molar-refractivity contribution in [2.24, 2.45) is 0 Å². The zero-order valence-corrected chi connectivity index (χ0v) is 16.5. The Bertz CT molecular complexity index is 762. The van der Waals surface area contributed by atoms with Crippen molar-refractivity contribution in [3.63, 3.8) is 0 Å². The number of nitrogens with zero attached hydrogens (tertiary/aromatic N) is 1. The summed E-state index contributed by atoms with van der Waals surface area (Å²) in [5.41, 5.74) is 1.39. The lowest BCUT2D eigenvalue weighted by atomic mass is 9.95. The van der Waals surface area contributed by atoms with Crippen LogP contribution in [0.5, 0.6) is 0 Å². The number of halogens is 1. The molecule has 2 rings (SSSR count). The molecular formula is C19H23ClN2O6. The molecular weight excluding hydrogens is 388 g/mol. The molecule has 28 heavy (non-hydrogen) atoms. The second kappa shape index (κ2) is 10.1. The van der Waals surface area contributed by atoms with Gasteiger partial charge in [-0.15, -0.1) is 0 Å². The molecule has 0 aromatic heterocycles. The van der Waals surface area contributed by atoms with Crippen molar-refractivity contribution in [1.29, 1.82) is 0 Å². The summed E-state index contributed by atoms with van der Waals surface area (Å²) in [5.74, 6) is -1.52. The highest BCUT2D eigenvalue weighted by Crippen LogP contribution is 2.32. The van der Waals surface area contributed by atoms with Crippen LogP contribution in [-0.4, -0.2) is 54.8 Å². The summed E-state index contributed by atoms with van der Waals surface area (Å²) in [6.45, 7) is 2.15. The van der Waals surface area contributed by atoms with Crippen molar-refractivity contribution in [2.45, 2.75) is 25.8 Å². The van der Waals surface area contributed by atoms with Gasteiger partial charge in [0.25, 0.3) is 0 Å². The van der Waals surface area contributed by atoms with Crippen LogP contribution in [-0.2, 0) is 19.1 Å². The standard InChI is InChI=1S/C19H23ClN2O6/c1-12-16(18(25)28-11-10-27-2)17(13-5-7-14(20)8-6-13)21-19(26)22(12)9-3-4-15(23)24/h5-8,17H,3-4,9-11H2,1-2H3,(H,21,26)(H,23,24)/t17-/m0/s1. The second-order valence-corrected chi connectivity index (χ2v) is 6.65. The molecule has 8 nitrogen and oxygen atoms in total. The minimum absolute atomic E-state index is 0.0758. The predicted molar refractivity (Wildman–Crippen MR) is 102 cm³/mol. The van der Waals surface area contributed by atoms with E-state index in [-0.39, 0.29) is 38.2 Å². The number of methoxy groups -OCH3 is 1. The van der Waals surface area contributed by atoms with Crippen LogP contribution in [0.25, 0.3) is 0 Å². The van der Waals surface area contributed by atoms with Crippen LogP contribution in [0, 0.1) is 0 Å². The fraction of sp³-hybridized carbons (Fsp3) is 0.421. The largest absolute Gasteiger partial charge is 0.481 e. The molecule has 0 saturated carbocycles. The molecule has 2 N–H and O–H groups in total. The van der Waals surface area contributed by atoms with E-state index in [9.17, 15) is 14.4 Å². The van der Waals surface area contributed by atoms with E-state index in [0.29, 0.717) is 16.3 Å². The van der Waals surface area contributed by atoms with Crippen LogP contribution >= 0.6 is 11.6 Å². The van der Waals surface area contributed by atoms with Gasteiger partial charge >= 0.3 is 18.0 Å². The molecule has 1 aromatic rings. The fourth-order valence-corrected chi connectivity index (χ4v) is 3.03. The minimum Gasteiger partial charge on any atom is -0.481 e. The first-order chi connectivity index (χ1) is 13.3. The first-order valence-corrected chi connectivity index (χ1v) is 9.15. The van der Waals surface area contributed by atoms with E-state index >= 15 is 0 Å². The van der Waals surface area contributed by atoms with Gasteiger partial charge in [0, 0.05) is 30.8 Å². The van der Waals surface area contributed by atoms with Crippen LogP contribution < -0.4 is 5.32 Å². The summed E-state index contributed by atoms with van der Waals surface area (Å²) in [5, 5.41) is 12.2. The highest BCUT2D eigenvalue weighted by molar-refractivity contribution is 6.30. The molecule has 0 fully saturated rings. The number of amides is 2. The lowest BCUT2D eigenvalue weighted by Crippen LogP contribution is -2.48. The maximum Gasteiger partial charge on any atom is 0.338 e. The molecule has 0 aliphatic carbocycles. The van der Waals surface area contributed by atoms with Crippen molar-refractivity contribution < 1.29 is 29.0 Å². The number of rotatable bonds is 9. The van der Waals surface area contributed by atoms with Crippen LogP contribution in [0.15, 0.2) is 35.5 Å². The summed E-state index contributed by atoms with van der Waals surface area (Å²) in [6, 6.07) is 5.69. The Morgan fingerprint density at radius 2 is 1.93 bits per heavy atom. The van der Waals surface area contributed by atoms with Crippen molar-refractivity contribution in [3.8, 4) is 0 Å². The van der Waals surface area contributed by atoms with Crippen molar-refractivity contribution in [1.82, 2.24) is 10.2 Å². The molecule has 1 aromatic carbocycles. The number of carbonyl (C=O) groups excluding carboxylic acids is 2. The lowest BCUT2D eigenvalue weighted by molar-refractivity contribution is -0.141. The molecule has 0 radical (unpaired) electrons. The Balaban J connectivity index is 2.34. The highest BCUT2D eigenvalue weighted by atomic mass is 35.5. The summed E-state index contributed by atoms with van der Waals surface area (Å²) < 4.78 is 10.2. The van der Waals surface area contributed by atoms with Gasteiger partial charge in [-0.2, -0.15) is 0 Å². The summed E-state index contributed by atoms with van der Waals surface area (Å²) in [4.78, 5) is 37.5. The van der Waals surface area contributed by atoms with Crippen LogP contribution in [0.1, 0.15) is 31.4 Å². The predicted octanol–water partition coefficient (Wildman–Crippen LogP) is 2.73. The SMILES string of the molecule is COCCOC(=O)C1=C(C)N(CCCC(=O)O)C(=O)N[C@H]1c1ccc(Cl)cc1. The van der Waals surface area contributed by atoms with Gasteiger partial charge in [0.2, 0.25) is 0 Å². The molecule has 0 saturated heterocycles. The van der Waals surface area contributed by atoms with Crippen LogP contribution in [0.3, 0.4) is 0 Å². The number of nitrogens with one attached hydrogen (secondary N) is 1. The van der Waals surface area contributed by atoms with Crippen molar-refractivity contribution >= 4 is 29.6 Å². The Morgan fingerprint density at radius 1 is 1.25 bits per heavy atom. The van der Waals surface area contributed by atoms with Gasteiger partial charge in [0.1, 0.15) is 6.61 Å². The topological polar surface area (TPSA) is 105 Å². The van der Waals surface area contributed by atoms with E-state index in [2.05, 4.69) is 5.32 Å². The Morgan fingerprint density at radius 3 is 2.54 bits per heavy atom. The number of carboxylic acid groups (broad SMARTS) is 1. The average molecular weight is 411 g/mol. The number of esters is 1. The van der Waals surface area contributed by atoms with E-state index in [0.717, 1.165) is 0 Å². The van der Waals surface area contributed by atoms with Gasteiger partial charge in [-0.1, -0.05) is 23.7 Å². The highest BCUT2D eigenvalue weighted by Gasteiger charge is 2.36. The molecule has 152 valence electrons. The third kappa shape index (κ3) is 5.46. The van der Waals surface area contributed by atoms with Crippen molar-refractivity contribution in [3.05, 3.63) is 46.1 Å². The van der Waals surface area contributed by atoms with E-state index in [1.54, 1.807) is 31.2 Å². The quantitative estimate of drug-likeness (QED) is 0.479. The number of hydrogen-bond acceptors (Lipinski definition) is 5. The Hall–Kier alpha value is -2.58. The van der Waals surface area contributed by atoms with Gasteiger partial charge in [-0.05, 0) is 31.0 Å². The number of allylic oxidation sites excluding steroid dienone is 1. The number of carbonyl (C=O) groups is 3. The molecule has 9 heteroatoms. The molecule has 0 spiro atoms. The number of ether oxygens (including phenoxy) is 2. The Labute approximate surface area is 168 Å². The van der Waals surface area contributed by atoms with Gasteiger partial charge in [-0.25, -0.2) is 9.59 Å². The lowest BCUT2D eigenvalue weighted by Gasteiger charge is -2.35. The number of benzene rings is 1. The van der Waals surface area contributed by atoms with Crippen molar-refractivity contribution in [2.75, 3.05) is 26.9 Å². The van der Waals surface area contributed by atoms with E-state index in [1.165, 1.54) is 12.0 Å². The monoisotopic (exact) mass is 410 g/mol. The zero-order valence-electron chi connectivity index (χ0n) is 15.7.